The van der Waals surface area contributed by atoms with Gasteiger partial charge in [-0.05, 0) is 66.7 Å². The van der Waals surface area contributed by atoms with Gasteiger partial charge in [0.05, 0.1) is 20.1 Å². The van der Waals surface area contributed by atoms with Gasteiger partial charge in [-0.25, -0.2) is 4.57 Å². The van der Waals surface area contributed by atoms with E-state index in [0.29, 0.717) is 0 Å². The van der Waals surface area contributed by atoms with E-state index in [1.54, 1.807) is 19.2 Å². The van der Waals surface area contributed by atoms with Crippen molar-refractivity contribution in [3.8, 4) is 22.7 Å². The van der Waals surface area contributed by atoms with Crippen LogP contribution in [-0.4, -0.2) is 17.2 Å². The molecule has 4 rings (SSSR count). The van der Waals surface area contributed by atoms with E-state index in [4.69, 9.17) is 4.74 Å². The number of hydrogen-bond acceptors (Lipinski definition) is 2. The zero-order valence-electron chi connectivity index (χ0n) is 14.7. The molecule has 3 nitrogen and oxygen atoms in total. The SMILES string of the molecule is COc1ccc(-c2c[n+]3c(n2-c2ccc(SC(F)(F)F)cc2)CCC3)cc1. The molecule has 0 atom stereocenters. The van der Waals surface area contributed by atoms with Crippen molar-refractivity contribution in [1.29, 1.82) is 0 Å². The Morgan fingerprint density at radius 3 is 2.37 bits per heavy atom. The number of fused-ring (bicyclic) bond motifs is 1. The van der Waals surface area contributed by atoms with Crippen LogP contribution in [0.2, 0.25) is 0 Å². The summed E-state index contributed by atoms with van der Waals surface area (Å²) >= 11 is -0.0915. The van der Waals surface area contributed by atoms with E-state index in [-0.39, 0.29) is 16.7 Å². The molecule has 2 heterocycles. The number of thioether (sulfide) groups is 1. The third kappa shape index (κ3) is 3.69. The van der Waals surface area contributed by atoms with Gasteiger partial charge in [0.15, 0.2) is 5.69 Å². The highest BCUT2D eigenvalue weighted by atomic mass is 32.2. The van der Waals surface area contributed by atoms with Crippen LogP contribution in [0.3, 0.4) is 0 Å². The zero-order chi connectivity index (χ0) is 19.0. The quantitative estimate of drug-likeness (QED) is 0.460. The molecule has 0 spiro atoms. The average molecular weight is 391 g/mol. The molecule has 27 heavy (non-hydrogen) atoms. The van der Waals surface area contributed by atoms with Gasteiger partial charge in [-0.2, -0.15) is 17.7 Å². The number of ether oxygens (including phenoxy) is 1. The molecule has 0 fully saturated rings. The fourth-order valence-electron chi connectivity index (χ4n) is 3.45. The van der Waals surface area contributed by atoms with Gasteiger partial charge in [0.25, 0.3) is 5.82 Å². The van der Waals surface area contributed by atoms with E-state index in [9.17, 15) is 13.2 Å². The molecule has 0 saturated carbocycles. The van der Waals surface area contributed by atoms with Gasteiger partial charge < -0.3 is 4.74 Å². The monoisotopic (exact) mass is 391 g/mol. The van der Waals surface area contributed by atoms with Crippen molar-refractivity contribution in [2.75, 3.05) is 7.11 Å². The predicted octanol–water partition coefficient (Wildman–Crippen LogP) is 5.00. The second-order valence-electron chi connectivity index (χ2n) is 6.33. The maximum Gasteiger partial charge on any atom is 0.446 e. The Hall–Kier alpha value is -2.41. The second-order valence-corrected chi connectivity index (χ2v) is 7.47. The maximum absolute atomic E-state index is 12.6. The Labute approximate surface area is 159 Å². The first-order valence-corrected chi connectivity index (χ1v) is 9.41. The molecule has 0 bridgehead atoms. The number of rotatable bonds is 4. The molecule has 1 aliphatic heterocycles. The minimum Gasteiger partial charge on any atom is -0.497 e. The Kier molecular flexibility index (Phi) is 4.63. The largest absolute Gasteiger partial charge is 0.497 e. The molecule has 2 aromatic carbocycles. The highest BCUT2D eigenvalue weighted by molar-refractivity contribution is 8.00. The highest BCUT2D eigenvalue weighted by Crippen LogP contribution is 2.37. The number of benzene rings is 2. The summed E-state index contributed by atoms with van der Waals surface area (Å²) in [5.74, 6) is 1.95. The molecular formula is C20H18F3N2OS+. The topological polar surface area (TPSA) is 18.0 Å². The number of aryl methyl sites for hydroxylation is 1. The molecule has 3 aromatic rings. The molecule has 0 radical (unpaired) electrons. The summed E-state index contributed by atoms with van der Waals surface area (Å²) in [5, 5.41) is 0. The summed E-state index contributed by atoms with van der Waals surface area (Å²) in [7, 11) is 1.63. The third-order valence-corrected chi connectivity index (χ3v) is 5.36. The lowest BCUT2D eigenvalue weighted by Crippen LogP contribution is -2.30. The summed E-state index contributed by atoms with van der Waals surface area (Å²) in [6, 6.07) is 14.4. The fraction of sp³-hybridized carbons (Fsp3) is 0.250. The summed E-state index contributed by atoms with van der Waals surface area (Å²) in [5.41, 5.74) is -1.36. The standard InChI is InChI=1S/C20H18F3N2OS/c1-26-16-8-4-14(5-9-16)18-13-24-12-2-3-19(24)25(18)15-6-10-17(11-7-15)27-20(21,22)23/h4-11,13H,2-3,12H2,1H3/q+1. The number of methoxy groups -OCH3 is 1. The van der Waals surface area contributed by atoms with E-state index in [1.165, 1.54) is 12.1 Å². The highest BCUT2D eigenvalue weighted by Gasteiger charge is 2.31. The first-order chi connectivity index (χ1) is 12.9. The third-order valence-electron chi connectivity index (χ3n) is 4.62. The van der Waals surface area contributed by atoms with E-state index >= 15 is 0 Å². The molecule has 7 heteroatoms. The number of imidazole rings is 1. The number of hydrogen-bond donors (Lipinski definition) is 0. The lowest BCUT2D eigenvalue weighted by Gasteiger charge is -2.08. The van der Waals surface area contributed by atoms with Crippen molar-refractivity contribution in [2.24, 2.45) is 0 Å². The summed E-state index contributed by atoms with van der Waals surface area (Å²) in [4.78, 5) is 0.189. The van der Waals surface area contributed by atoms with Gasteiger partial charge in [-0.3, -0.25) is 0 Å². The van der Waals surface area contributed by atoms with Gasteiger partial charge >= 0.3 is 5.51 Å². The molecule has 0 unspecified atom stereocenters. The number of nitrogens with zero attached hydrogens (tertiary/aromatic N) is 2. The van der Waals surface area contributed by atoms with E-state index in [1.807, 2.05) is 24.3 Å². The molecule has 1 aliphatic rings. The van der Waals surface area contributed by atoms with Crippen molar-refractivity contribution >= 4 is 11.8 Å². The van der Waals surface area contributed by atoms with Crippen LogP contribution in [0, 0.1) is 0 Å². The van der Waals surface area contributed by atoms with Crippen LogP contribution >= 0.6 is 11.8 Å². The molecule has 0 N–H and O–H groups in total. The van der Waals surface area contributed by atoms with Crippen molar-refractivity contribution in [2.45, 2.75) is 29.8 Å². The zero-order valence-corrected chi connectivity index (χ0v) is 15.5. The number of aromatic nitrogens is 2. The van der Waals surface area contributed by atoms with Gasteiger partial charge in [-0.15, -0.1) is 0 Å². The average Bonchev–Trinajstić information content (AvgIpc) is 3.22. The van der Waals surface area contributed by atoms with Crippen LogP contribution in [0.4, 0.5) is 13.2 Å². The number of alkyl halides is 3. The summed E-state index contributed by atoms with van der Waals surface area (Å²) in [6.45, 7) is 0.952. The Balaban J connectivity index is 1.75. The minimum atomic E-state index is -4.28. The predicted molar refractivity (Wildman–Crippen MR) is 98.2 cm³/mol. The Morgan fingerprint density at radius 2 is 1.74 bits per heavy atom. The molecule has 0 saturated heterocycles. The lowest BCUT2D eigenvalue weighted by molar-refractivity contribution is -0.689. The maximum atomic E-state index is 12.6. The van der Waals surface area contributed by atoms with E-state index in [2.05, 4.69) is 15.3 Å². The molecule has 1 aromatic heterocycles. The van der Waals surface area contributed by atoms with Gasteiger partial charge in [0.2, 0.25) is 0 Å². The van der Waals surface area contributed by atoms with Crippen molar-refractivity contribution in [3.63, 3.8) is 0 Å². The number of halogens is 3. The van der Waals surface area contributed by atoms with Crippen LogP contribution < -0.4 is 9.30 Å². The van der Waals surface area contributed by atoms with Crippen molar-refractivity contribution in [3.05, 3.63) is 60.6 Å². The molecular weight excluding hydrogens is 373 g/mol. The van der Waals surface area contributed by atoms with Gasteiger partial charge in [0.1, 0.15) is 17.6 Å². The summed E-state index contributed by atoms with van der Waals surface area (Å²) < 4.78 is 47.3. The summed E-state index contributed by atoms with van der Waals surface area (Å²) in [6.07, 6.45) is 4.12. The molecule has 140 valence electrons. The second kappa shape index (κ2) is 6.96. The van der Waals surface area contributed by atoms with Crippen LogP contribution in [0.1, 0.15) is 12.2 Å². The van der Waals surface area contributed by atoms with Crippen molar-refractivity contribution < 1.29 is 22.5 Å². The lowest BCUT2D eigenvalue weighted by atomic mass is 10.1. The minimum absolute atomic E-state index is 0.0915. The molecule has 0 aliphatic carbocycles. The van der Waals surface area contributed by atoms with Gasteiger partial charge in [-0.1, -0.05) is 0 Å². The van der Waals surface area contributed by atoms with E-state index in [0.717, 1.165) is 47.9 Å². The van der Waals surface area contributed by atoms with Crippen molar-refractivity contribution in [1.82, 2.24) is 4.57 Å². The van der Waals surface area contributed by atoms with Crippen LogP contribution in [0.5, 0.6) is 5.75 Å². The normalized spacial score (nSPS) is 13.6. The smallest absolute Gasteiger partial charge is 0.446 e. The first-order valence-electron chi connectivity index (χ1n) is 8.59. The van der Waals surface area contributed by atoms with Gasteiger partial charge in [0, 0.05) is 10.5 Å². The first kappa shape index (κ1) is 18.0. The fourth-order valence-corrected chi connectivity index (χ4v) is 3.99. The van der Waals surface area contributed by atoms with Crippen LogP contribution in [0.15, 0.2) is 59.6 Å². The molecule has 0 amide bonds. The Bertz CT molecular complexity index is 947. The van der Waals surface area contributed by atoms with Crippen LogP contribution in [-0.2, 0) is 13.0 Å². The van der Waals surface area contributed by atoms with Crippen LogP contribution in [0.25, 0.3) is 16.9 Å². The van der Waals surface area contributed by atoms with E-state index < -0.39 is 5.51 Å². The Morgan fingerprint density at radius 1 is 1.04 bits per heavy atom.